The largest absolute Gasteiger partial charge is 0.466 e. The Morgan fingerprint density at radius 1 is 1.36 bits per heavy atom. The lowest BCUT2D eigenvalue weighted by atomic mass is 9.67. The molecule has 1 aliphatic carbocycles. The zero-order chi connectivity index (χ0) is 18.6. The summed E-state index contributed by atoms with van der Waals surface area (Å²) in [5, 5.41) is 3.45. The van der Waals surface area contributed by atoms with Crippen LogP contribution in [0.25, 0.3) is 0 Å². The van der Waals surface area contributed by atoms with Crippen LogP contribution in [0.3, 0.4) is 0 Å². The average Bonchev–Trinajstić information content (AvgIpc) is 2.56. The molecule has 25 heavy (non-hydrogen) atoms. The van der Waals surface area contributed by atoms with Gasteiger partial charge in [0.05, 0.1) is 19.1 Å². The van der Waals surface area contributed by atoms with Crippen LogP contribution in [-0.2, 0) is 26.1 Å². The Balaban J connectivity index is 2.23. The predicted molar refractivity (Wildman–Crippen MR) is 95.5 cm³/mol. The first-order chi connectivity index (χ1) is 11.8. The Bertz CT molecular complexity index is 642. The molecule has 2 atom stereocenters. The van der Waals surface area contributed by atoms with E-state index in [0.29, 0.717) is 25.1 Å². The molecule has 1 aromatic carbocycles. The molecule has 0 bridgehead atoms. The summed E-state index contributed by atoms with van der Waals surface area (Å²) in [5.74, 6) is -0.645. The van der Waals surface area contributed by atoms with E-state index >= 15 is 0 Å². The van der Waals surface area contributed by atoms with Crippen LogP contribution in [0.4, 0.5) is 0 Å². The molecule has 0 aromatic heterocycles. The van der Waals surface area contributed by atoms with Crippen LogP contribution < -0.4 is 11.1 Å². The summed E-state index contributed by atoms with van der Waals surface area (Å²) in [4.78, 5) is 23.1. The topological polar surface area (TPSA) is 90.7 Å². The number of nitrogens with two attached hydrogens (primary N) is 1. The van der Waals surface area contributed by atoms with E-state index in [9.17, 15) is 9.59 Å². The fourth-order valence-corrected chi connectivity index (χ4v) is 3.64. The molecule has 1 amide bonds. The van der Waals surface area contributed by atoms with Gasteiger partial charge in [0.25, 0.3) is 0 Å². The first-order valence-corrected chi connectivity index (χ1v) is 8.66. The number of carbonyl (C=O) groups is 2. The van der Waals surface area contributed by atoms with E-state index in [1.165, 1.54) is 0 Å². The first-order valence-electron chi connectivity index (χ1n) is 8.66. The van der Waals surface area contributed by atoms with Crippen molar-refractivity contribution in [2.45, 2.75) is 51.2 Å². The Morgan fingerprint density at radius 2 is 2.08 bits per heavy atom. The quantitative estimate of drug-likeness (QED) is 0.730. The van der Waals surface area contributed by atoms with Gasteiger partial charge in [-0.15, -0.1) is 0 Å². The van der Waals surface area contributed by atoms with Crippen molar-refractivity contribution in [3.8, 4) is 0 Å². The maximum atomic E-state index is 11.6. The van der Waals surface area contributed by atoms with Crippen molar-refractivity contribution >= 4 is 11.9 Å². The molecule has 1 aliphatic rings. The van der Waals surface area contributed by atoms with Gasteiger partial charge < -0.3 is 20.5 Å². The van der Waals surface area contributed by atoms with Crippen LogP contribution in [0.2, 0.25) is 0 Å². The van der Waals surface area contributed by atoms with Crippen molar-refractivity contribution in [1.82, 2.24) is 5.32 Å². The second-order valence-corrected chi connectivity index (χ2v) is 6.92. The molecule has 3 N–H and O–H groups in total. The van der Waals surface area contributed by atoms with Crippen molar-refractivity contribution in [3.05, 3.63) is 34.9 Å². The van der Waals surface area contributed by atoms with Gasteiger partial charge >= 0.3 is 5.97 Å². The highest BCUT2D eigenvalue weighted by atomic mass is 16.5. The Labute approximate surface area is 149 Å². The molecule has 2 rings (SSSR count). The number of fused-ring (bicyclic) bond motifs is 1. The summed E-state index contributed by atoms with van der Waals surface area (Å²) < 4.78 is 10.7. The number of hydrogen-bond acceptors (Lipinski definition) is 5. The number of benzene rings is 1. The SMILES string of the molecule is CCOC(=O)CCN[C@H]1[C@H](OC)Cc2ccc(C(N)=O)cc2C1(C)C. The van der Waals surface area contributed by atoms with Gasteiger partial charge in [-0.3, -0.25) is 9.59 Å². The molecule has 0 saturated carbocycles. The standard InChI is InChI=1S/C19H28N2O4/c1-5-25-16(22)8-9-21-17-15(24-4)11-12-6-7-13(18(20)23)10-14(12)19(17,2)3/h6-7,10,15,17,21H,5,8-9,11H2,1-4H3,(H2,20,23)/t15-,17+/m1/s1. The van der Waals surface area contributed by atoms with Gasteiger partial charge in [0, 0.05) is 37.1 Å². The minimum absolute atomic E-state index is 0.00236. The van der Waals surface area contributed by atoms with E-state index in [0.717, 1.165) is 17.5 Å². The number of hydrogen-bond donors (Lipinski definition) is 2. The highest BCUT2D eigenvalue weighted by Gasteiger charge is 2.42. The Hall–Kier alpha value is -1.92. The van der Waals surface area contributed by atoms with Crippen LogP contribution in [0.15, 0.2) is 18.2 Å². The van der Waals surface area contributed by atoms with Crippen LogP contribution in [0, 0.1) is 0 Å². The van der Waals surface area contributed by atoms with Gasteiger partial charge in [0.15, 0.2) is 0 Å². The second-order valence-electron chi connectivity index (χ2n) is 6.92. The van der Waals surface area contributed by atoms with Gasteiger partial charge in [-0.1, -0.05) is 19.9 Å². The summed E-state index contributed by atoms with van der Waals surface area (Å²) in [6.45, 7) is 6.92. The minimum atomic E-state index is -0.431. The number of rotatable bonds is 7. The zero-order valence-electron chi connectivity index (χ0n) is 15.4. The third-order valence-electron chi connectivity index (χ3n) is 4.96. The molecular formula is C19H28N2O4. The first kappa shape index (κ1) is 19.4. The minimum Gasteiger partial charge on any atom is -0.466 e. The van der Waals surface area contributed by atoms with Gasteiger partial charge in [-0.25, -0.2) is 0 Å². The van der Waals surface area contributed by atoms with E-state index in [1.807, 2.05) is 12.1 Å². The number of amides is 1. The van der Waals surface area contributed by atoms with Gasteiger partial charge in [0.2, 0.25) is 5.91 Å². The lowest BCUT2D eigenvalue weighted by Gasteiger charge is -2.45. The third kappa shape index (κ3) is 4.19. The highest BCUT2D eigenvalue weighted by Crippen LogP contribution is 2.38. The number of esters is 1. The molecule has 0 saturated heterocycles. The van der Waals surface area contributed by atoms with Crippen molar-refractivity contribution < 1.29 is 19.1 Å². The maximum absolute atomic E-state index is 11.6. The highest BCUT2D eigenvalue weighted by molar-refractivity contribution is 5.93. The molecule has 0 unspecified atom stereocenters. The zero-order valence-corrected chi connectivity index (χ0v) is 15.4. The number of carbonyl (C=O) groups excluding carboxylic acids is 2. The van der Waals surface area contributed by atoms with Crippen LogP contribution in [-0.4, -0.2) is 44.3 Å². The molecule has 0 aliphatic heterocycles. The van der Waals surface area contributed by atoms with E-state index in [4.69, 9.17) is 15.2 Å². The smallest absolute Gasteiger partial charge is 0.307 e. The Kier molecular flexibility index (Phi) is 6.19. The molecule has 1 aromatic rings. The molecule has 0 fully saturated rings. The summed E-state index contributed by atoms with van der Waals surface area (Å²) >= 11 is 0. The van der Waals surface area contributed by atoms with Crippen molar-refractivity contribution in [3.63, 3.8) is 0 Å². The molecular weight excluding hydrogens is 320 g/mol. The molecule has 0 radical (unpaired) electrons. The summed E-state index contributed by atoms with van der Waals surface area (Å²) in [6, 6.07) is 5.60. The summed E-state index contributed by atoms with van der Waals surface area (Å²) in [5.41, 5.74) is 7.91. The van der Waals surface area contributed by atoms with Gasteiger partial charge in [-0.05, 0) is 30.2 Å². The monoisotopic (exact) mass is 348 g/mol. The van der Waals surface area contributed by atoms with E-state index in [2.05, 4.69) is 19.2 Å². The lowest BCUT2D eigenvalue weighted by Crippen LogP contribution is -2.57. The van der Waals surface area contributed by atoms with E-state index in [-0.39, 0.29) is 23.5 Å². The molecule has 0 spiro atoms. The summed E-state index contributed by atoms with van der Waals surface area (Å²) in [7, 11) is 1.70. The fourth-order valence-electron chi connectivity index (χ4n) is 3.64. The van der Waals surface area contributed by atoms with Crippen molar-refractivity contribution in [1.29, 1.82) is 0 Å². The van der Waals surface area contributed by atoms with Crippen LogP contribution in [0.1, 0.15) is 48.7 Å². The number of primary amides is 1. The average molecular weight is 348 g/mol. The van der Waals surface area contributed by atoms with Crippen LogP contribution >= 0.6 is 0 Å². The number of ether oxygens (including phenoxy) is 2. The maximum Gasteiger partial charge on any atom is 0.307 e. The normalized spacial score (nSPS) is 21.4. The lowest BCUT2D eigenvalue weighted by molar-refractivity contribution is -0.143. The molecule has 6 nitrogen and oxygen atoms in total. The Morgan fingerprint density at radius 3 is 2.68 bits per heavy atom. The van der Waals surface area contributed by atoms with Crippen molar-refractivity contribution in [2.24, 2.45) is 5.73 Å². The number of nitrogens with one attached hydrogen (secondary N) is 1. The van der Waals surface area contributed by atoms with E-state index in [1.54, 1.807) is 20.1 Å². The molecule has 6 heteroatoms. The second kappa shape index (κ2) is 7.97. The van der Waals surface area contributed by atoms with Gasteiger partial charge in [-0.2, -0.15) is 0 Å². The van der Waals surface area contributed by atoms with Crippen LogP contribution in [0.5, 0.6) is 0 Å². The van der Waals surface area contributed by atoms with Crippen molar-refractivity contribution in [2.75, 3.05) is 20.3 Å². The molecule has 138 valence electrons. The molecule has 0 heterocycles. The third-order valence-corrected chi connectivity index (χ3v) is 4.96. The van der Waals surface area contributed by atoms with Gasteiger partial charge in [0.1, 0.15) is 0 Å². The van der Waals surface area contributed by atoms with E-state index < -0.39 is 5.91 Å². The fraction of sp³-hybridized carbons (Fsp3) is 0.579. The number of methoxy groups -OCH3 is 1. The predicted octanol–water partition coefficient (Wildman–Crippen LogP) is 1.55. The summed E-state index contributed by atoms with van der Waals surface area (Å²) in [6.07, 6.45) is 1.03.